The van der Waals surface area contributed by atoms with E-state index in [4.69, 9.17) is 4.99 Å². The van der Waals surface area contributed by atoms with Crippen LogP contribution in [0.4, 0.5) is 15.8 Å². The summed E-state index contributed by atoms with van der Waals surface area (Å²) in [6.45, 7) is 6.88. The van der Waals surface area contributed by atoms with Gasteiger partial charge in [0.2, 0.25) is 0 Å². The van der Waals surface area contributed by atoms with Crippen molar-refractivity contribution in [2.75, 3.05) is 11.9 Å². The lowest BCUT2D eigenvalue weighted by atomic mass is 9.80. The molecule has 1 aromatic heterocycles. The number of carbonyl (C=O) groups excluding carboxylic acids is 1. The van der Waals surface area contributed by atoms with E-state index >= 15 is 4.39 Å². The maximum Gasteiger partial charge on any atom is 0.267 e. The van der Waals surface area contributed by atoms with Crippen LogP contribution in [0.1, 0.15) is 49.8 Å². The van der Waals surface area contributed by atoms with Gasteiger partial charge in [-0.3, -0.25) is 14.7 Å². The monoisotopic (exact) mass is 500 g/mol. The minimum Gasteiger partial charge on any atom is -0.369 e. The molecule has 3 heterocycles. The average molecular weight is 501 g/mol. The van der Waals surface area contributed by atoms with E-state index in [2.05, 4.69) is 30.7 Å². The highest BCUT2D eigenvalue weighted by Gasteiger charge is 2.36. The number of aromatic nitrogens is 1. The molecule has 0 bridgehead atoms. The van der Waals surface area contributed by atoms with Crippen LogP contribution in [0.3, 0.4) is 0 Å². The van der Waals surface area contributed by atoms with Gasteiger partial charge < -0.3 is 4.90 Å². The first-order valence-electron chi connectivity index (χ1n) is 12.0. The number of fused-ring (bicyclic) bond motifs is 1. The van der Waals surface area contributed by atoms with Gasteiger partial charge >= 0.3 is 0 Å². The van der Waals surface area contributed by atoms with Gasteiger partial charge in [-0.2, -0.15) is 0 Å². The first-order chi connectivity index (χ1) is 17.2. The molecule has 5 nitrogen and oxygen atoms in total. The quantitative estimate of drug-likeness (QED) is 0.372. The normalized spacial score (nSPS) is 21.4. The van der Waals surface area contributed by atoms with E-state index in [1.165, 1.54) is 11.8 Å². The van der Waals surface area contributed by atoms with Crippen molar-refractivity contribution in [3.63, 3.8) is 0 Å². The number of amides is 1. The number of rotatable bonds is 4. The van der Waals surface area contributed by atoms with Crippen molar-refractivity contribution in [3.8, 4) is 0 Å². The van der Waals surface area contributed by atoms with E-state index in [0.29, 0.717) is 22.2 Å². The molecule has 0 radical (unpaired) electrons. The summed E-state index contributed by atoms with van der Waals surface area (Å²) in [7, 11) is 2.02. The van der Waals surface area contributed by atoms with Crippen LogP contribution in [-0.2, 0) is 11.3 Å². The number of nitrogens with zero attached hydrogens (tertiary/aromatic N) is 4. The smallest absolute Gasteiger partial charge is 0.267 e. The molecule has 1 saturated heterocycles. The largest absolute Gasteiger partial charge is 0.369 e. The highest BCUT2D eigenvalue weighted by atomic mass is 32.2. The number of benzene rings is 2. The Morgan fingerprint density at radius 2 is 1.97 bits per heavy atom. The highest BCUT2D eigenvalue weighted by Crippen LogP contribution is 2.44. The Hall–Kier alpha value is -3.45. The molecular formula is C29H29FN4OS. The van der Waals surface area contributed by atoms with Crippen LogP contribution in [0.15, 0.2) is 76.9 Å². The van der Waals surface area contributed by atoms with Crippen molar-refractivity contribution >= 4 is 40.3 Å². The van der Waals surface area contributed by atoms with Crippen LogP contribution in [0, 0.1) is 5.82 Å². The summed E-state index contributed by atoms with van der Waals surface area (Å²) in [4.78, 5) is 26.7. The van der Waals surface area contributed by atoms with Gasteiger partial charge in [0, 0.05) is 36.2 Å². The van der Waals surface area contributed by atoms with Crippen LogP contribution in [0.2, 0.25) is 0 Å². The fraction of sp³-hybridized carbons (Fsp3) is 0.276. The van der Waals surface area contributed by atoms with Gasteiger partial charge in [0.1, 0.15) is 5.82 Å². The Morgan fingerprint density at radius 1 is 1.19 bits per heavy atom. The van der Waals surface area contributed by atoms with Gasteiger partial charge in [0.25, 0.3) is 5.91 Å². The van der Waals surface area contributed by atoms with Gasteiger partial charge in [-0.25, -0.2) is 9.38 Å². The number of pyridine rings is 1. The Bertz CT molecular complexity index is 1350. The Labute approximate surface area is 215 Å². The number of para-hydroxylation sites is 1. The zero-order valence-electron chi connectivity index (χ0n) is 20.9. The molecule has 2 aliphatic heterocycles. The molecule has 5 rings (SSSR count). The predicted octanol–water partition coefficient (Wildman–Crippen LogP) is 6.75. The summed E-state index contributed by atoms with van der Waals surface area (Å²) in [5.41, 5.74) is 4.04. The van der Waals surface area contributed by atoms with Gasteiger partial charge in [0.05, 0.1) is 17.1 Å². The van der Waals surface area contributed by atoms with Crippen molar-refractivity contribution in [1.82, 2.24) is 9.88 Å². The lowest BCUT2D eigenvalue weighted by Crippen LogP contribution is -2.45. The van der Waals surface area contributed by atoms with Crippen LogP contribution in [0.25, 0.3) is 6.08 Å². The average Bonchev–Trinajstić information content (AvgIpc) is 3.13. The molecule has 2 aromatic carbocycles. The number of hydrogen-bond acceptors (Lipinski definition) is 5. The molecule has 1 atom stereocenters. The molecule has 0 aliphatic carbocycles. The Morgan fingerprint density at radius 3 is 2.69 bits per heavy atom. The van der Waals surface area contributed by atoms with Crippen LogP contribution < -0.4 is 4.90 Å². The molecular weight excluding hydrogens is 471 g/mol. The number of anilines is 1. The van der Waals surface area contributed by atoms with Gasteiger partial charge in [-0.1, -0.05) is 31.2 Å². The Balaban J connectivity index is 1.53. The minimum absolute atomic E-state index is 0.0499. The molecule has 0 spiro atoms. The van der Waals surface area contributed by atoms with Crippen molar-refractivity contribution in [1.29, 1.82) is 0 Å². The molecule has 1 unspecified atom stereocenters. The highest BCUT2D eigenvalue weighted by molar-refractivity contribution is 8.18. The van der Waals surface area contributed by atoms with E-state index in [0.717, 1.165) is 28.9 Å². The van der Waals surface area contributed by atoms with E-state index in [1.54, 1.807) is 29.4 Å². The van der Waals surface area contributed by atoms with Crippen LogP contribution in [-0.4, -0.2) is 33.5 Å². The van der Waals surface area contributed by atoms with Crippen molar-refractivity contribution in [2.45, 2.75) is 45.2 Å². The number of thioether (sulfide) groups is 1. The lowest BCUT2D eigenvalue weighted by molar-refractivity contribution is -0.122. The summed E-state index contributed by atoms with van der Waals surface area (Å²) in [5, 5.41) is 0.564. The summed E-state index contributed by atoms with van der Waals surface area (Å²) in [5.74, 6) is -0.242. The number of aliphatic imine (C=N–C) groups is 1. The molecule has 2 aliphatic rings. The fourth-order valence-electron chi connectivity index (χ4n) is 4.87. The summed E-state index contributed by atoms with van der Waals surface area (Å²) < 4.78 is 15.4. The molecule has 0 N–H and O–H groups in total. The van der Waals surface area contributed by atoms with E-state index in [9.17, 15) is 4.79 Å². The summed E-state index contributed by atoms with van der Waals surface area (Å²) >= 11 is 1.27. The van der Waals surface area contributed by atoms with Crippen LogP contribution >= 0.6 is 11.8 Å². The second kappa shape index (κ2) is 9.54. The maximum absolute atomic E-state index is 15.4. The molecule has 184 valence electrons. The minimum atomic E-state index is -0.335. The zero-order chi connectivity index (χ0) is 25.4. The third-order valence-electron chi connectivity index (χ3n) is 6.97. The van der Waals surface area contributed by atoms with E-state index < -0.39 is 0 Å². The predicted molar refractivity (Wildman–Crippen MR) is 146 cm³/mol. The molecule has 1 amide bonds. The number of halogens is 1. The Kier molecular flexibility index (Phi) is 6.43. The summed E-state index contributed by atoms with van der Waals surface area (Å²) in [6.07, 6.45) is 6.08. The molecule has 1 fully saturated rings. The first-order valence-corrected chi connectivity index (χ1v) is 12.9. The van der Waals surface area contributed by atoms with Crippen molar-refractivity contribution < 1.29 is 9.18 Å². The van der Waals surface area contributed by atoms with Gasteiger partial charge in [0.15, 0.2) is 5.17 Å². The molecule has 3 aromatic rings. The standard InChI is InChI=1S/C29H29FN4OS/c1-19-16-29(2,3)33(4)25-15-24(30)21(13-23(19)25)14-26-27(35)34(18-20-9-8-12-31-17-20)28(36-26)32-22-10-6-5-7-11-22/h5-15,17,19H,16,18H2,1-4H3/b26-14+,32-28?. The van der Waals surface area contributed by atoms with E-state index in [-0.39, 0.29) is 23.2 Å². The second-order valence-corrected chi connectivity index (χ2v) is 11.0. The number of carbonyl (C=O) groups is 1. The SMILES string of the molecule is CC1CC(C)(C)N(C)c2cc(F)c(/C=C3/SC(=Nc4ccccc4)N(Cc4cccnc4)C3=O)cc21. The third-order valence-corrected chi connectivity index (χ3v) is 7.98. The van der Waals surface area contributed by atoms with Gasteiger partial charge in [-0.15, -0.1) is 0 Å². The molecule has 7 heteroatoms. The third kappa shape index (κ3) is 4.67. The van der Waals surface area contributed by atoms with Crippen molar-refractivity contribution in [3.05, 3.63) is 94.4 Å². The molecule has 36 heavy (non-hydrogen) atoms. The van der Waals surface area contributed by atoms with E-state index in [1.807, 2.05) is 55.6 Å². The van der Waals surface area contributed by atoms with Crippen molar-refractivity contribution in [2.24, 2.45) is 4.99 Å². The molecule has 0 saturated carbocycles. The first kappa shape index (κ1) is 24.3. The summed E-state index contributed by atoms with van der Waals surface area (Å²) in [6, 6.07) is 16.8. The lowest BCUT2D eigenvalue weighted by Gasteiger charge is -2.45. The zero-order valence-corrected chi connectivity index (χ0v) is 21.7. The topological polar surface area (TPSA) is 48.8 Å². The van der Waals surface area contributed by atoms with Crippen LogP contribution in [0.5, 0.6) is 0 Å². The fourth-order valence-corrected chi connectivity index (χ4v) is 5.86. The number of hydrogen-bond donors (Lipinski definition) is 0. The number of amidine groups is 1. The second-order valence-electron chi connectivity index (χ2n) is 10.0. The van der Waals surface area contributed by atoms with Gasteiger partial charge in [-0.05, 0) is 85.5 Å². The maximum atomic E-state index is 15.4.